The molecule has 1 amide bonds. The molecule has 4 rings (SSSR count). The van der Waals surface area contributed by atoms with Gasteiger partial charge in [0.15, 0.2) is 11.5 Å². The summed E-state index contributed by atoms with van der Waals surface area (Å²) in [5, 5.41) is 2.88. The van der Waals surface area contributed by atoms with E-state index >= 15 is 0 Å². The first-order chi connectivity index (χ1) is 16.1. The quantitative estimate of drug-likeness (QED) is 0.358. The molecule has 6 heteroatoms. The number of oxazole rings is 1. The van der Waals surface area contributed by atoms with Crippen LogP contribution in [0.1, 0.15) is 11.1 Å². The standard InChI is InChI=1S/C27H24N2O4/c1-18-7-8-21(27-28-15-16-33-27)17-23(18)19-9-12-22(13-10-19)29-25(30)14-11-20-5-4-6-24(31-2)26(20)32-3/h4-17H,1-3H3,(H,29,30). The van der Waals surface area contributed by atoms with E-state index in [0.29, 0.717) is 23.1 Å². The molecule has 3 aromatic carbocycles. The van der Waals surface area contributed by atoms with Gasteiger partial charge in [0, 0.05) is 22.9 Å². The van der Waals surface area contributed by atoms with Gasteiger partial charge in [-0.1, -0.05) is 30.3 Å². The maximum atomic E-state index is 12.4. The van der Waals surface area contributed by atoms with Crippen molar-refractivity contribution in [3.05, 3.63) is 90.3 Å². The second-order valence-corrected chi connectivity index (χ2v) is 7.35. The van der Waals surface area contributed by atoms with Crippen molar-refractivity contribution in [2.75, 3.05) is 19.5 Å². The lowest BCUT2D eigenvalue weighted by Gasteiger charge is -2.10. The number of amides is 1. The zero-order valence-electron chi connectivity index (χ0n) is 18.7. The molecule has 0 aliphatic heterocycles. The number of hydrogen-bond donors (Lipinski definition) is 1. The van der Waals surface area contributed by atoms with Crippen molar-refractivity contribution in [3.63, 3.8) is 0 Å². The predicted molar refractivity (Wildman–Crippen MR) is 129 cm³/mol. The Morgan fingerprint density at radius 1 is 1.00 bits per heavy atom. The molecule has 0 saturated carbocycles. The molecule has 33 heavy (non-hydrogen) atoms. The molecule has 0 bridgehead atoms. The largest absolute Gasteiger partial charge is 0.493 e. The highest BCUT2D eigenvalue weighted by Crippen LogP contribution is 2.32. The molecular formula is C27H24N2O4. The van der Waals surface area contributed by atoms with Crippen molar-refractivity contribution in [3.8, 4) is 34.1 Å². The van der Waals surface area contributed by atoms with Gasteiger partial charge in [-0.2, -0.15) is 0 Å². The van der Waals surface area contributed by atoms with Gasteiger partial charge in [0.1, 0.15) is 6.26 Å². The summed E-state index contributed by atoms with van der Waals surface area (Å²) in [6, 6.07) is 19.3. The third-order valence-corrected chi connectivity index (χ3v) is 5.23. The number of aromatic nitrogens is 1. The van der Waals surface area contributed by atoms with Gasteiger partial charge in [-0.3, -0.25) is 4.79 Å². The minimum Gasteiger partial charge on any atom is -0.493 e. The molecule has 1 N–H and O–H groups in total. The Morgan fingerprint density at radius 2 is 1.79 bits per heavy atom. The second-order valence-electron chi connectivity index (χ2n) is 7.35. The maximum Gasteiger partial charge on any atom is 0.248 e. The van der Waals surface area contributed by atoms with E-state index in [4.69, 9.17) is 13.9 Å². The lowest BCUT2D eigenvalue weighted by atomic mass is 9.98. The van der Waals surface area contributed by atoms with Gasteiger partial charge in [0.25, 0.3) is 0 Å². The molecular weight excluding hydrogens is 416 g/mol. The summed E-state index contributed by atoms with van der Waals surface area (Å²) in [6.07, 6.45) is 6.36. The molecule has 0 atom stereocenters. The Kier molecular flexibility index (Phi) is 6.55. The van der Waals surface area contributed by atoms with Gasteiger partial charge in [0.2, 0.25) is 11.8 Å². The summed E-state index contributed by atoms with van der Waals surface area (Å²) in [5.74, 6) is 1.53. The van der Waals surface area contributed by atoms with Crippen LogP contribution in [0.4, 0.5) is 5.69 Å². The fourth-order valence-electron chi connectivity index (χ4n) is 3.56. The highest BCUT2D eigenvalue weighted by molar-refractivity contribution is 6.02. The summed E-state index contributed by atoms with van der Waals surface area (Å²) in [7, 11) is 3.15. The first-order valence-electron chi connectivity index (χ1n) is 10.4. The van der Waals surface area contributed by atoms with E-state index in [-0.39, 0.29) is 5.91 Å². The van der Waals surface area contributed by atoms with Crippen LogP contribution >= 0.6 is 0 Å². The van der Waals surface area contributed by atoms with Crippen LogP contribution in [-0.4, -0.2) is 25.1 Å². The maximum absolute atomic E-state index is 12.4. The summed E-state index contributed by atoms with van der Waals surface area (Å²) < 4.78 is 16.1. The number of ether oxygens (including phenoxy) is 2. The zero-order valence-corrected chi connectivity index (χ0v) is 18.7. The summed E-state index contributed by atoms with van der Waals surface area (Å²) in [5.41, 5.74) is 5.62. The van der Waals surface area contributed by atoms with Crippen molar-refractivity contribution < 1.29 is 18.7 Å². The average molecular weight is 440 g/mol. The highest BCUT2D eigenvalue weighted by Gasteiger charge is 2.09. The second kappa shape index (κ2) is 9.87. The van der Waals surface area contributed by atoms with Gasteiger partial charge in [-0.05, 0) is 60.0 Å². The van der Waals surface area contributed by atoms with Crippen LogP contribution in [0.25, 0.3) is 28.7 Å². The molecule has 4 aromatic rings. The van der Waals surface area contributed by atoms with E-state index in [0.717, 1.165) is 27.8 Å². The van der Waals surface area contributed by atoms with E-state index in [1.165, 1.54) is 6.08 Å². The van der Waals surface area contributed by atoms with Crippen LogP contribution in [0.3, 0.4) is 0 Å². The van der Waals surface area contributed by atoms with Gasteiger partial charge >= 0.3 is 0 Å². The lowest BCUT2D eigenvalue weighted by molar-refractivity contribution is -0.111. The van der Waals surface area contributed by atoms with E-state index in [1.807, 2.05) is 48.5 Å². The topological polar surface area (TPSA) is 73.6 Å². The average Bonchev–Trinajstić information content (AvgIpc) is 3.38. The molecule has 166 valence electrons. The SMILES string of the molecule is COc1cccc(C=CC(=O)Nc2ccc(-c3cc(-c4ncco4)ccc3C)cc2)c1OC. The third kappa shape index (κ3) is 4.96. The highest BCUT2D eigenvalue weighted by atomic mass is 16.5. The number of nitrogens with zero attached hydrogens (tertiary/aromatic N) is 1. The number of methoxy groups -OCH3 is 2. The van der Waals surface area contributed by atoms with Gasteiger partial charge in [-0.25, -0.2) is 4.98 Å². The molecule has 0 unspecified atom stereocenters. The van der Waals surface area contributed by atoms with Crippen LogP contribution in [0.15, 0.2) is 83.6 Å². The van der Waals surface area contributed by atoms with E-state index in [2.05, 4.69) is 23.3 Å². The van der Waals surface area contributed by atoms with Crippen molar-refractivity contribution in [2.24, 2.45) is 0 Å². The fourth-order valence-corrected chi connectivity index (χ4v) is 3.56. The molecule has 0 saturated heterocycles. The molecule has 6 nitrogen and oxygen atoms in total. The molecule has 0 aliphatic rings. The first kappa shape index (κ1) is 21.9. The number of anilines is 1. The number of para-hydroxylation sites is 1. The number of benzene rings is 3. The summed E-state index contributed by atoms with van der Waals surface area (Å²) in [6.45, 7) is 2.06. The Morgan fingerprint density at radius 3 is 2.48 bits per heavy atom. The Hall–Kier alpha value is -4.32. The van der Waals surface area contributed by atoms with Crippen LogP contribution in [0, 0.1) is 6.92 Å². The lowest BCUT2D eigenvalue weighted by Crippen LogP contribution is -2.07. The van der Waals surface area contributed by atoms with Crippen LogP contribution in [0.2, 0.25) is 0 Å². The van der Waals surface area contributed by atoms with Gasteiger partial charge in [0.05, 0.1) is 20.4 Å². The number of nitrogens with one attached hydrogen (secondary N) is 1. The minimum absolute atomic E-state index is 0.241. The number of hydrogen-bond acceptors (Lipinski definition) is 5. The molecule has 1 heterocycles. The van der Waals surface area contributed by atoms with E-state index < -0.39 is 0 Å². The Labute approximate surface area is 192 Å². The van der Waals surface area contributed by atoms with E-state index in [9.17, 15) is 4.79 Å². The van der Waals surface area contributed by atoms with Crippen molar-refractivity contribution in [1.29, 1.82) is 0 Å². The fraction of sp³-hybridized carbons (Fsp3) is 0.111. The number of rotatable bonds is 7. The Balaban J connectivity index is 1.48. The zero-order chi connectivity index (χ0) is 23.2. The Bertz CT molecular complexity index is 1280. The minimum atomic E-state index is -0.241. The number of carbonyl (C=O) groups is 1. The van der Waals surface area contributed by atoms with Crippen molar-refractivity contribution in [2.45, 2.75) is 6.92 Å². The normalized spacial score (nSPS) is 10.9. The number of carbonyl (C=O) groups excluding carboxylic acids is 1. The molecule has 0 radical (unpaired) electrons. The smallest absolute Gasteiger partial charge is 0.248 e. The van der Waals surface area contributed by atoms with Crippen molar-refractivity contribution >= 4 is 17.7 Å². The van der Waals surface area contributed by atoms with Crippen LogP contribution in [-0.2, 0) is 4.79 Å². The molecule has 0 spiro atoms. The van der Waals surface area contributed by atoms with Crippen LogP contribution < -0.4 is 14.8 Å². The van der Waals surface area contributed by atoms with E-state index in [1.54, 1.807) is 38.8 Å². The molecule has 0 aliphatic carbocycles. The summed E-state index contributed by atoms with van der Waals surface area (Å²) in [4.78, 5) is 16.7. The first-order valence-corrected chi connectivity index (χ1v) is 10.4. The van der Waals surface area contributed by atoms with Crippen molar-refractivity contribution in [1.82, 2.24) is 4.98 Å². The van der Waals surface area contributed by atoms with Gasteiger partial charge in [-0.15, -0.1) is 0 Å². The predicted octanol–water partition coefficient (Wildman–Crippen LogP) is 5.99. The molecule has 0 fully saturated rings. The monoisotopic (exact) mass is 440 g/mol. The molecule has 1 aromatic heterocycles. The van der Waals surface area contributed by atoms with Crippen LogP contribution in [0.5, 0.6) is 11.5 Å². The third-order valence-electron chi connectivity index (χ3n) is 5.23. The van der Waals surface area contributed by atoms with Gasteiger partial charge < -0.3 is 19.2 Å². The summed E-state index contributed by atoms with van der Waals surface area (Å²) >= 11 is 0. The number of aryl methyl sites for hydroxylation is 1.